The molecule has 0 bridgehead atoms. The number of benzene rings is 9. The first-order valence-electron chi connectivity index (χ1n) is 17.9. The molecular weight excluding hydrogens is 629 g/mol. The second-order valence-corrected chi connectivity index (χ2v) is 13.4. The van der Waals surface area contributed by atoms with Gasteiger partial charge in [0.25, 0.3) is 0 Å². The van der Waals surface area contributed by atoms with Gasteiger partial charge < -0.3 is 9.47 Å². The molecule has 0 aliphatic carbocycles. The maximum absolute atomic E-state index is 2.38. The molecule has 0 atom stereocenters. The summed E-state index contributed by atoms with van der Waals surface area (Å²) in [5, 5.41) is 7.60. The highest BCUT2D eigenvalue weighted by Crippen LogP contribution is 2.40. The molecule has 244 valence electrons. The zero-order valence-corrected chi connectivity index (χ0v) is 28.5. The van der Waals surface area contributed by atoms with Gasteiger partial charge in [-0.05, 0) is 111 Å². The standard InChI is InChI=1S/C50H34N2/c1-3-14-40(15-4-1)51(43-30-24-37(25-31-43)45-20-11-13-36-12-7-8-18-44(36)45)42-28-22-35(23-29-42)38-26-32-46-39(34-38)27-33-49-50(46)47-19-9-10-21-48(47)52(49)41-16-5-2-6-17-41/h1-34H. The third-order valence-corrected chi connectivity index (χ3v) is 10.4. The van der Waals surface area contributed by atoms with Crippen LogP contribution in [0.4, 0.5) is 17.1 Å². The van der Waals surface area contributed by atoms with Gasteiger partial charge in [-0.3, -0.25) is 0 Å². The maximum atomic E-state index is 2.38. The minimum Gasteiger partial charge on any atom is -0.311 e. The Kier molecular flexibility index (Phi) is 7.18. The van der Waals surface area contributed by atoms with E-state index < -0.39 is 0 Å². The summed E-state index contributed by atoms with van der Waals surface area (Å²) in [4.78, 5) is 2.33. The molecule has 10 rings (SSSR count). The van der Waals surface area contributed by atoms with Crippen molar-refractivity contribution in [1.82, 2.24) is 4.57 Å². The largest absolute Gasteiger partial charge is 0.311 e. The summed E-state index contributed by atoms with van der Waals surface area (Å²) in [5.74, 6) is 0. The van der Waals surface area contributed by atoms with Gasteiger partial charge in [-0.25, -0.2) is 0 Å². The summed E-state index contributed by atoms with van der Waals surface area (Å²) in [7, 11) is 0. The van der Waals surface area contributed by atoms with Crippen LogP contribution < -0.4 is 4.90 Å². The van der Waals surface area contributed by atoms with E-state index >= 15 is 0 Å². The summed E-state index contributed by atoms with van der Waals surface area (Å²) in [6.07, 6.45) is 0. The first-order valence-corrected chi connectivity index (χ1v) is 17.9. The second kappa shape index (κ2) is 12.5. The summed E-state index contributed by atoms with van der Waals surface area (Å²) >= 11 is 0. The third-order valence-electron chi connectivity index (χ3n) is 10.4. The number of fused-ring (bicyclic) bond motifs is 6. The van der Waals surface area contributed by atoms with Gasteiger partial charge in [-0.15, -0.1) is 0 Å². The molecule has 2 heteroatoms. The van der Waals surface area contributed by atoms with E-state index in [-0.39, 0.29) is 0 Å². The van der Waals surface area contributed by atoms with Crippen LogP contribution in [-0.4, -0.2) is 4.57 Å². The van der Waals surface area contributed by atoms with E-state index in [0.717, 1.165) is 17.1 Å². The zero-order chi connectivity index (χ0) is 34.4. The van der Waals surface area contributed by atoms with Gasteiger partial charge >= 0.3 is 0 Å². The topological polar surface area (TPSA) is 8.17 Å². The summed E-state index contributed by atoms with van der Waals surface area (Å²) in [6.45, 7) is 0. The fourth-order valence-electron chi connectivity index (χ4n) is 7.93. The lowest BCUT2D eigenvalue weighted by atomic mass is 9.97. The van der Waals surface area contributed by atoms with Crippen molar-refractivity contribution < 1.29 is 0 Å². The molecular formula is C50H34N2. The van der Waals surface area contributed by atoms with Crippen LogP contribution in [0.25, 0.3) is 71.3 Å². The molecule has 1 aromatic heterocycles. The number of rotatable bonds is 6. The molecule has 0 amide bonds. The Bertz CT molecular complexity index is 2860. The van der Waals surface area contributed by atoms with E-state index in [1.165, 1.54) is 71.3 Å². The Morgan fingerprint density at radius 3 is 1.69 bits per heavy atom. The Morgan fingerprint density at radius 2 is 0.923 bits per heavy atom. The normalized spacial score (nSPS) is 11.5. The molecule has 0 spiro atoms. The Morgan fingerprint density at radius 1 is 0.327 bits per heavy atom. The van der Waals surface area contributed by atoms with Crippen molar-refractivity contribution >= 4 is 60.4 Å². The minimum absolute atomic E-state index is 1.11. The van der Waals surface area contributed by atoms with Crippen molar-refractivity contribution in [3.8, 4) is 27.9 Å². The van der Waals surface area contributed by atoms with Gasteiger partial charge in [-0.1, -0.05) is 140 Å². The van der Waals surface area contributed by atoms with Gasteiger partial charge in [-0.2, -0.15) is 0 Å². The molecule has 1 heterocycles. The fraction of sp³-hybridized carbons (Fsp3) is 0. The number of nitrogens with zero attached hydrogens (tertiary/aromatic N) is 2. The average Bonchev–Trinajstić information content (AvgIpc) is 3.57. The summed E-state index contributed by atoms with van der Waals surface area (Å²) in [5.41, 5.74) is 11.8. The molecule has 0 saturated carbocycles. The molecule has 52 heavy (non-hydrogen) atoms. The van der Waals surface area contributed by atoms with Crippen LogP contribution in [0, 0.1) is 0 Å². The van der Waals surface area contributed by atoms with Gasteiger partial charge in [0.05, 0.1) is 11.0 Å². The monoisotopic (exact) mass is 662 g/mol. The first-order chi connectivity index (χ1) is 25.8. The number of anilines is 3. The number of para-hydroxylation sites is 3. The van der Waals surface area contributed by atoms with Gasteiger partial charge in [0.15, 0.2) is 0 Å². The third kappa shape index (κ3) is 5.04. The predicted molar refractivity (Wildman–Crippen MR) is 221 cm³/mol. The number of aromatic nitrogens is 1. The van der Waals surface area contributed by atoms with Crippen LogP contribution in [0.1, 0.15) is 0 Å². The van der Waals surface area contributed by atoms with E-state index in [9.17, 15) is 0 Å². The van der Waals surface area contributed by atoms with Crippen LogP contribution >= 0.6 is 0 Å². The molecule has 0 aliphatic heterocycles. The summed E-state index contributed by atoms with van der Waals surface area (Å²) < 4.78 is 2.38. The van der Waals surface area contributed by atoms with Crippen LogP contribution in [0.5, 0.6) is 0 Å². The SMILES string of the molecule is c1ccc(N(c2ccc(-c3ccc4c(ccc5c4c4ccccc4n5-c4ccccc4)c3)cc2)c2ccc(-c3cccc4ccccc34)cc2)cc1. The quantitative estimate of drug-likeness (QED) is 0.172. The lowest BCUT2D eigenvalue weighted by Gasteiger charge is -2.26. The predicted octanol–water partition coefficient (Wildman–Crippen LogP) is 13.9. The van der Waals surface area contributed by atoms with Crippen LogP contribution in [-0.2, 0) is 0 Å². The Balaban J connectivity index is 1.02. The first kappa shape index (κ1) is 30.0. The van der Waals surface area contributed by atoms with Crippen molar-refractivity contribution in [3.63, 3.8) is 0 Å². The number of hydrogen-bond acceptors (Lipinski definition) is 1. The molecule has 10 aromatic rings. The molecule has 0 aliphatic rings. The average molecular weight is 663 g/mol. The van der Waals surface area contributed by atoms with Crippen molar-refractivity contribution in [1.29, 1.82) is 0 Å². The molecule has 2 nitrogen and oxygen atoms in total. The molecule has 0 unspecified atom stereocenters. The van der Waals surface area contributed by atoms with E-state index in [2.05, 4.69) is 216 Å². The molecule has 9 aromatic carbocycles. The Hall–Kier alpha value is -6.90. The lowest BCUT2D eigenvalue weighted by molar-refractivity contribution is 1.18. The molecule has 0 fully saturated rings. The maximum Gasteiger partial charge on any atom is 0.0547 e. The smallest absolute Gasteiger partial charge is 0.0547 e. The van der Waals surface area contributed by atoms with Gasteiger partial charge in [0, 0.05) is 33.5 Å². The van der Waals surface area contributed by atoms with Crippen molar-refractivity contribution in [2.75, 3.05) is 4.90 Å². The van der Waals surface area contributed by atoms with Crippen LogP contribution in [0.15, 0.2) is 206 Å². The second-order valence-electron chi connectivity index (χ2n) is 13.4. The van der Waals surface area contributed by atoms with Crippen molar-refractivity contribution in [3.05, 3.63) is 206 Å². The van der Waals surface area contributed by atoms with Crippen molar-refractivity contribution in [2.24, 2.45) is 0 Å². The Labute approximate surface area is 303 Å². The fourth-order valence-corrected chi connectivity index (χ4v) is 7.93. The van der Waals surface area contributed by atoms with Crippen LogP contribution in [0.2, 0.25) is 0 Å². The molecule has 0 radical (unpaired) electrons. The lowest BCUT2D eigenvalue weighted by Crippen LogP contribution is -2.09. The van der Waals surface area contributed by atoms with Gasteiger partial charge in [0.2, 0.25) is 0 Å². The highest BCUT2D eigenvalue weighted by atomic mass is 15.1. The van der Waals surface area contributed by atoms with Gasteiger partial charge in [0.1, 0.15) is 0 Å². The highest BCUT2D eigenvalue weighted by Gasteiger charge is 2.16. The zero-order valence-electron chi connectivity index (χ0n) is 28.5. The van der Waals surface area contributed by atoms with E-state index in [1.807, 2.05) is 0 Å². The van der Waals surface area contributed by atoms with E-state index in [0.29, 0.717) is 0 Å². The summed E-state index contributed by atoms with van der Waals surface area (Å²) in [6, 6.07) is 74.5. The van der Waals surface area contributed by atoms with Crippen LogP contribution in [0.3, 0.4) is 0 Å². The van der Waals surface area contributed by atoms with E-state index in [4.69, 9.17) is 0 Å². The van der Waals surface area contributed by atoms with Crippen molar-refractivity contribution in [2.45, 2.75) is 0 Å². The highest BCUT2D eigenvalue weighted by molar-refractivity contribution is 6.21. The number of hydrogen-bond donors (Lipinski definition) is 0. The minimum atomic E-state index is 1.11. The molecule has 0 saturated heterocycles. The van der Waals surface area contributed by atoms with E-state index in [1.54, 1.807) is 0 Å². The molecule has 0 N–H and O–H groups in total.